The van der Waals surface area contributed by atoms with E-state index in [0.29, 0.717) is 11.6 Å². The highest BCUT2D eigenvalue weighted by molar-refractivity contribution is 14.1. The van der Waals surface area contributed by atoms with Crippen LogP contribution in [0.2, 0.25) is 0 Å². The number of nitrogens with zero attached hydrogens (tertiary/aromatic N) is 1. The molecule has 3 rings (SSSR count). The van der Waals surface area contributed by atoms with Crippen LogP contribution in [0.5, 0.6) is 0 Å². The molecular weight excluding hydrogens is 385 g/mol. The molecule has 1 aromatic heterocycles. The topological polar surface area (TPSA) is 38.7 Å². The first-order valence-corrected chi connectivity index (χ1v) is 7.92. The van der Waals surface area contributed by atoms with Gasteiger partial charge in [0.25, 0.3) is 0 Å². The lowest BCUT2D eigenvalue weighted by atomic mass is 10.2. The fourth-order valence-corrected chi connectivity index (χ4v) is 3.29. The van der Waals surface area contributed by atoms with Gasteiger partial charge < -0.3 is 4.74 Å². The first-order valence-electron chi connectivity index (χ1n) is 5.97. The second-order valence-electron chi connectivity index (χ2n) is 4.28. The van der Waals surface area contributed by atoms with Gasteiger partial charge in [-0.3, -0.25) is 0 Å². The fourth-order valence-electron chi connectivity index (χ4n) is 1.82. The Morgan fingerprint density at radius 2 is 2.10 bits per heavy atom. The van der Waals surface area contributed by atoms with Crippen molar-refractivity contribution in [1.29, 1.82) is 0 Å². The summed E-state index contributed by atoms with van der Waals surface area (Å²) in [6.45, 7) is 2.01. The number of benzene rings is 1. The van der Waals surface area contributed by atoms with E-state index in [1.54, 1.807) is 17.4 Å². The molecule has 0 saturated carbocycles. The zero-order valence-corrected chi connectivity index (χ0v) is 13.6. The Balaban J connectivity index is 2.00. The van der Waals surface area contributed by atoms with Gasteiger partial charge in [-0.15, -0.1) is 11.3 Å². The van der Waals surface area contributed by atoms with Crippen molar-refractivity contribution in [3.8, 4) is 0 Å². The molecule has 0 atom stereocenters. The maximum absolute atomic E-state index is 11.9. The van der Waals surface area contributed by atoms with Gasteiger partial charge in [0.2, 0.25) is 5.90 Å². The van der Waals surface area contributed by atoms with E-state index in [-0.39, 0.29) is 0 Å². The number of hydrogen-bond donors (Lipinski definition) is 0. The minimum absolute atomic E-state index is 0.352. The summed E-state index contributed by atoms with van der Waals surface area (Å²) in [5.74, 6) is -0.0205. The van der Waals surface area contributed by atoms with E-state index in [1.807, 2.05) is 42.6 Å². The Bertz CT molecular complexity index is 746. The van der Waals surface area contributed by atoms with Gasteiger partial charge in [-0.1, -0.05) is 12.1 Å². The first-order chi connectivity index (χ1) is 9.65. The Hall–Kier alpha value is -1.47. The van der Waals surface area contributed by atoms with E-state index in [9.17, 15) is 4.79 Å². The van der Waals surface area contributed by atoms with Gasteiger partial charge in [0.1, 0.15) is 0 Å². The third-order valence-corrected chi connectivity index (χ3v) is 4.80. The predicted molar refractivity (Wildman–Crippen MR) is 88.8 cm³/mol. The van der Waals surface area contributed by atoms with Gasteiger partial charge in [0.15, 0.2) is 5.70 Å². The summed E-state index contributed by atoms with van der Waals surface area (Å²) < 4.78 is 6.28. The van der Waals surface area contributed by atoms with Crippen LogP contribution in [0, 0.1) is 10.5 Å². The molecule has 1 aliphatic rings. The van der Waals surface area contributed by atoms with Crippen molar-refractivity contribution in [3.63, 3.8) is 0 Å². The Labute approximate surface area is 134 Å². The molecule has 0 aliphatic carbocycles. The van der Waals surface area contributed by atoms with Crippen molar-refractivity contribution in [1.82, 2.24) is 0 Å². The van der Waals surface area contributed by atoms with Crippen LogP contribution in [0.1, 0.15) is 16.0 Å². The van der Waals surface area contributed by atoms with Crippen LogP contribution in [0.3, 0.4) is 0 Å². The molecule has 2 heterocycles. The SMILES string of the molecule is Cc1ccsc1C=C1N=C(c2ccccc2I)OC1=O. The van der Waals surface area contributed by atoms with Gasteiger partial charge in [-0.05, 0) is 64.7 Å². The zero-order chi connectivity index (χ0) is 14.1. The molecule has 0 amide bonds. The van der Waals surface area contributed by atoms with Crippen molar-refractivity contribution in [3.05, 3.63) is 61.0 Å². The summed E-state index contributed by atoms with van der Waals surface area (Å²) in [6.07, 6.45) is 1.78. The highest BCUT2D eigenvalue weighted by Gasteiger charge is 2.25. The number of halogens is 1. The largest absolute Gasteiger partial charge is 0.402 e. The lowest BCUT2D eigenvalue weighted by molar-refractivity contribution is -0.129. The first kappa shape index (κ1) is 13.5. The standard InChI is InChI=1S/C15H10INO2S/c1-9-6-7-20-13(9)8-12-15(18)19-14(17-12)10-4-2-3-5-11(10)16/h2-8H,1H3. The molecule has 5 heteroatoms. The molecule has 0 fully saturated rings. The van der Waals surface area contributed by atoms with Crippen LogP contribution in [0.15, 0.2) is 46.4 Å². The molecule has 0 unspecified atom stereocenters. The number of rotatable bonds is 2. The summed E-state index contributed by atoms with van der Waals surface area (Å²) in [7, 11) is 0. The number of carbonyl (C=O) groups is 1. The lowest BCUT2D eigenvalue weighted by Gasteiger charge is -2.01. The Morgan fingerprint density at radius 3 is 2.80 bits per heavy atom. The summed E-state index contributed by atoms with van der Waals surface area (Å²) >= 11 is 3.79. The Kier molecular flexibility index (Phi) is 3.71. The van der Waals surface area contributed by atoms with E-state index in [2.05, 4.69) is 27.6 Å². The normalized spacial score (nSPS) is 16.4. The molecule has 1 aliphatic heterocycles. The van der Waals surface area contributed by atoms with Crippen molar-refractivity contribution in [2.24, 2.45) is 4.99 Å². The number of esters is 1. The van der Waals surface area contributed by atoms with E-state index < -0.39 is 5.97 Å². The smallest absolute Gasteiger partial charge is 0.363 e. The highest BCUT2D eigenvalue weighted by atomic mass is 127. The van der Waals surface area contributed by atoms with E-state index in [1.165, 1.54) is 0 Å². The average Bonchev–Trinajstić information content (AvgIpc) is 2.98. The van der Waals surface area contributed by atoms with Gasteiger partial charge in [-0.25, -0.2) is 9.79 Å². The lowest BCUT2D eigenvalue weighted by Crippen LogP contribution is -2.06. The van der Waals surface area contributed by atoms with Crippen LogP contribution in [0.4, 0.5) is 0 Å². The minimum atomic E-state index is -0.396. The van der Waals surface area contributed by atoms with Crippen molar-refractivity contribution in [2.45, 2.75) is 6.92 Å². The van der Waals surface area contributed by atoms with E-state index in [0.717, 1.165) is 19.6 Å². The number of hydrogen-bond acceptors (Lipinski definition) is 4. The minimum Gasteiger partial charge on any atom is -0.402 e. The highest BCUT2D eigenvalue weighted by Crippen LogP contribution is 2.24. The molecule has 2 aromatic rings. The molecule has 0 radical (unpaired) electrons. The number of cyclic esters (lactones) is 1. The van der Waals surface area contributed by atoms with Gasteiger partial charge in [0.05, 0.1) is 5.56 Å². The number of carbonyl (C=O) groups excluding carboxylic acids is 1. The Morgan fingerprint density at radius 1 is 1.30 bits per heavy atom. The van der Waals surface area contributed by atoms with Crippen molar-refractivity contribution in [2.75, 3.05) is 0 Å². The summed E-state index contributed by atoms with van der Waals surface area (Å²) in [5, 5.41) is 1.99. The molecule has 0 spiro atoms. The average molecular weight is 395 g/mol. The van der Waals surface area contributed by atoms with Gasteiger partial charge in [-0.2, -0.15) is 0 Å². The van der Waals surface area contributed by atoms with Crippen LogP contribution in [0.25, 0.3) is 6.08 Å². The summed E-state index contributed by atoms with van der Waals surface area (Å²) in [4.78, 5) is 17.3. The number of ether oxygens (including phenoxy) is 1. The zero-order valence-electron chi connectivity index (χ0n) is 10.6. The maximum atomic E-state index is 11.9. The molecule has 0 bridgehead atoms. The maximum Gasteiger partial charge on any atom is 0.363 e. The van der Waals surface area contributed by atoms with Crippen LogP contribution >= 0.6 is 33.9 Å². The third kappa shape index (κ3) is 2.55. The van der Waals surface area contributed by atoms with Gasteiger partial charge in [0, 0.05) is 8.45 Å². The van der Waals surface area contributed by atoms with E-state index in [4.69, 9.17) is 4.74 Å². The quantitative estimate of drug-likeness (QED) is 0.438. The summed E-state index contributed by atoms with van der Waals surface area (Å²) in [6, 6.07) is 9.71. The molecule has 1 aromatic carbocycles. The van der Waals surface area contributed by atoms with Crippen LogP contribution in [-0.2, 0) is 9.53 Å². The van der Waals surface area contributed by atoms with Crippen LogP contribution in [-0.4, -0.2) is 11.9 Å². The number of thiophene rings is 1. The summed E-state index contributed by atoms with van der Waals surface area (Å²) in [5.41, 5.74) is 2.33. The molecule has 0 saturated heterocycles. The molecular formula is C15H10INO2S. The second kappa shape index (κ2) is 5.49. The van der Waals surface area contributed by atoms with Crippen LogP contribution < -0.4 is 0 Å². The number of aryl methyl sites for hydroxylation is 1. The molecule has 100 valence electrons. The number of aliphatic imine (C=N–C) groups is 1. The van der Waals surface area contributed by atoms with E-state index >= 15 is 0 Å². The third-order valence-electron chi connectivity index (χ3n) is 2.89. The van der Waals surface area contributed by atoms with Crippen molar-refractivity contribution >= 4 is 51.9 Å². The molecule has 0 N–H and O–H groups in total. The predicted octanol–water partition coefficient (Wildman–Crippen LogP) is 4.01. The molecule has 3 nitrogen and oxygen atoms in total. The van der Waals surface area contributed by atoms with Crippen molar-refractivity contribution < 1.29 is 9.53 Å². The van der Waals surface area contributed by atoms with Gasteiger partial charge >= 0.3 is 5.97 Å². The second-order valence-corrected chi connectivity index (χ2v) is 6.39. The fraction of sp³-hybridized carbons (Fsp3) is 0.0667. The monoisotopic (exact) mass is 395 g/mol. The molecule has 20 heavy (non-hydrogen) atoms.